The summed E-state index contributed by atoms with van der Waals surface area (Å²) in [5, 5.41) is 9.00. The van der Waals surface area contributed by atoms with Gasteiger partial charge in [-0.25, -0.2) is 0 Å². The molecule has 1 aliphatic heterocycles. The number of aliphatic hydroxyl groups is 1. The molecule has 0 radical (unpaired) electrons. The van der Waals surface area contributed by atoms with Crippen LogP contribution >= 0.6 is 0 Å². The zero-order valence-corrected chi connectivity index (χ0v) is 13.4. The van der Waals surface area contributed by atoms with Crippen molar-refractivity contribution in [1.82, 2.24) is 4.90 Å². The van der Waals surface area contributed by atoms with Gasteiger partial charge < -0.3 is 10.0 Å². The third-order valence-electron chi connectivity index (χ3n) is 5.44. The third-order valence-corrected chi connectivity index (χ3v) is 5.44. The van der Waals surface area contributed by atoms with Crippen molar-refractivity contribution < 1.29 is 9.90 Å². The van der Waals surface area contributed by atoms with Gasteiger partial charge in [0.1, 0.15) is 0 Å². The molecule has 1 aliphatic carbocycles. The Bertz CT molecular complexity index is 326. The molecule has 1 atom stereocenters. The number of carbonyl (C=O) groups is 1. The van der Waals surface area contributed by atoms with E-state index < -0.39 is 0 Å². The molecule has 116 valence electrons. The van der Waals surface area contributed by atoms with Crippen LogP contribution in [0.2, 0.25) is 0 Å². The minimum atomic E-state index is 0.253. The lowest BCUT2D eigenvalue weighted by atomic mass is 9.69. The van der Waals surface area contributed by atoms with Gasteiger partial charge in [0.25, 0.3) is 0 Å². The van der Waals surface area contributed by atoms with Crippen LogP contribution in [0.5, 0.6) is 0 Å². The Morgan fingerprint density at radius 2 is 1.80 bits per heavy atom. The van der Waals surface area contributed by atoms with Crippen molar-refractivity contribution in [2.24, 2.45) is 23.2 Å². The van der Waals surface area contributed by atoms with E-state index in [0.29, 0.717) is 17.2 Å². The van der Waals surface area contributed by atoms with Crippen LogP contribution in [0, 0.1) is 23.2 Å². The number of rotatable bonds is 3. The molecule has 2 aliphatic rings. The number of amides is 1. The van der Waals surface area contributed by atoms with E-state index in [2.05, 4.69) is 25.7 Å². The van der Waals surface area contributed by atoms with E-state index in [-0.39, 0.29) is 12.5 Å². The smallest absolute Gasteiger partial charge is 0.225 e. The first-order valence-corrected chi connectivity index (χ1v) is 8.31. The van der Waals surface area contributed by atoms with Gasteiger partial charge in [-0.15, -0.1) is 0 Å². The Morgan fingerprint density at radius 3 is 2.35 bits per heavy atom. The van der Waals surface area contributed by atoms with Crippen LogP contribution in [-0.2, 0) is 4.79 Å². The molecule has 2 rings (SSSR count). The maximum atomic E-state index is 12.6. The van der Waals surface area contributed by atoms with E-state index in [1.54, 1.807) is 0 Å². The van der Waals surface area contributed by atoms with Crippen molar-refractivity contribution in [1.29, 1.82) is 0 Å². The number of carbonyl (C=O) groups excluding carboxylic acids is 1. The highest BCUT2D eigenvalue weighted by molar-refractivity contribution is 5.79. The van der Waals surface area contributed by atoms with Gasteiger partial charge in [0.05, 0.1) is 0 Å². The SMILES string of the molecule is CC(C)(C)C1CCC(C(=O)N2CCC(CCO)C2)CC1. The van der Waals surface area contributed by atoms with E-state index in [0.717, 1.165) is 44.7 Å². The minimum Gasteiger partial charge on any atom is -0.396 e. The van der Waals surface area contributed by atoms with Crippen molar-refractivity contribution in [2.45, 2.75) is 59.3 Å². The van der Waals surface area contributed by atoms with Crippen LogP contribution in [0.1, 0.15) is 59.3 Å². The van der Waals surface area contributed by atoms with E-state index in [1.807, 2.05) is 0 Å². The van der Waals surface area contributed by atoms with Gasteiger partial charge in [-0.05, 0) is 55.8 Å². The fourth-order valence-electron chi connectivity index (χ4n) is 3.92. The van der Waals surface area contributed by atoms with Crippen LogP contribution in [-0.4, -0.2) is 35.6 Å². The lowest BCUT2D eigenvalue weighted by Gasteiger charge is -2.37. The molecule has 0 aromatic carbocycles. The molecule has 1 saturated heterocycles. The van der Waals surface area contributed by atoms with Gasteiger partial charge in [0.15, 0.2) is 0 Å². The zero-order chi connectivity index (χ0) is 14.8. The summed E-state index contributed by atoms with van der Waals surface area (Å²) < 4.78 is 0. The highest BCUT2D eigenvalue weighted by Gasteiger charge is 2.35. The van der Waals surface area contributed by atoms with Crippen molar-refractivity contribution in [3.05, 3.63) is 0 Å². The molecular formula is C17H31NO2. The summed E-state index contributed by atoms with van der Waals surface area (Å²) in [7, 11) is 0. The molecule has 1 unspecified atom stereocenters. The summed E-state index contributed by atoms with van der Waals surface area (Å²) in [6.07, 6.45) is 6.47. The molecule has 1 heterocycles. The second-order valence-corrected chi connectivity index (χ2v) is 7.87. The van der Waals surface area contributed by atoms with Crippen molar-refractivity contribution in [2.75, 3.05) is 19.7 Å². The quantitative estimate of drug-likeness (QED) is 0.863. The summed E-state index contributed by atoms with van der Waals surface area (Å²) in [6, 6.07) is 0. The van der Waals surface area contributed by atoms with Crippen LogP contribution in [0.4, 0.5) is 0 Å². The molecule has 1 amide bonds. The fourth-order valence-corrected chi connectivity index (χ4v) is 3.92. The van der Waals surface area contributed by atoms with Crippen molar-refractivity contribution in [3.63, 3.8) is 0 Å². The molecule has 2 fully saturated rings. The molecule has 3 heteroatoms. The Kier molecular flexibility index (Phi) is 5.11. The number of likely N-dealkylation sites (tertiary alicyclic amines) is 1. The fraction of sp³-hybridized carbons (Fsp3) is 0.941. The van der Waals surface area contributed by atoms with Gasteiger partial charge >= 0.3 is 0 Å². The van der Waals surface area contributed by atoms with E-state index in [1.165, 1.54) is 12.8 Å². The lowest BCUT2D eigenvalue weighted by molar-refractivity contribution is -0.136. The second-order valence-electron chi connectivity index (χ2n) is 7.87. The first-order chi connectivity index (χ1) is 9.41. The van der Waals surface area contributed by atoms with Gasteiger partial charge in [-0.3, -0.25) is 4.79 Å². The highest BCUT2D eigenvalue weighted by Crippen LogP contribution is 2.40. The molecule has 3 nitrogen and oxygen atoms in total. The molecule has 0 spiro atoms. The van der Waals surface area contributed by atoms with Gasteiger partial charge in [-0.1, -0.05) is 20.8 Å². The number of hydrogen-bond donors (Lipinski definition) is 1. The summed E-state index contributed by atoms with van der Waals surface area (Å²) in [5.74, 6) is 1.95. The van der Waals surface area contributed by atoms with Crippen LogP contribution < -0.4 is 0 Å². The Hall–Kier alpha value is -0.570. The monoisotopic (exact) mass is 281 g/mol. The maximum absolute atomic E-state index is 12.6. The summed E-state index contributed by atoms with van der Waals surface area (Å²) in [5.41, 5.74) is 0.383. The van der Waals surface area contributed by atoms with Crippen molar-refractivity contribution >= 4 is 5.91 Å². The summed E-state index contributed by atoms with van der Waals surface area (Å²) in [4.78, 5) is 14.6. The predicted molar refractivity (Wildman–Crippen MR) is 81.3 cm³/mol. The van der Waals surface area contributed by atoms with Crippen molar-refractivity contribution in [3.8, 4) is 0 Å². The molecule has 0 aromatic rings. The Labute approximate surface area is 123 Å². The number of aliphatic hydroxyl groups excluding tert-OH is 1. The third kappa shape index (κ3) is 3.75. The van der Waals surface area contributed by atoms with Gasteiger partial charge in [0, 0.05) is 25.6 Å². The summed E-state index contributed by atoms with van der Waals surface area (Å²) in [6.45, 7) is 8.99. The van der Waals surface area contributed by atoms with E-state index in [4.69, 9.17) is 5.11 Å². The predicted octanol–water partition coefficient (Wildman–Crippen LogP) is 3.07. The topological polar surface area (TPSA) is 40.5 Å². The normalized spacial score (nSPS) is 31.6. The minimum absolute atomic E-state index is 0.253. The molecular weight excluding hydrogens is 250 g/mol. The first-order valence-electron chi connectivity index (χ1n) is 8.31. The molecule has 0 aromatic heterocycles. The zero-order valence-electron chi connectivity index (χ0n) is 13.4. The maximum Gasteiger partial charge on any atom is 0.225 e. The Balaban J connectivity index is 1.81. The largest absolute Gasteiger partial charge is 0.396 e. The van der Waals surface area contributed by atoms with E-state index >= 15 is 0 Å². The number of nitrogens with zero attached hydrogens (tertiary/aromatic N) is 1. The molecule has 0 bridgehead atoms. The molecule has 20 heavy (non-hydrogen) atoms. The van der Waals surface area contributed by atoms with Crippen LogP contribution in [0.25, 0.3) is 0 Å². The number of hydrogen-bond acceptors (Lipinski definition) is 2. The first kappa shape index (κ1) is 15.8. The second kappa shape index (κ2) is 6.46. The van der Waals surface area contributed by atoms with Crippen LogP contribution in [0.3, 0.4) is 0 Å². The van der Waals surface area contributed by atoms with Gasteiger partial charge in [-0.2, -0.15) is 0 Å². The molecule has 1 saturated carbocycles. The van der Waals surface area contributed by atoms with Gasteiger partial charge in [0.2, 0.25) is 5.91 Å². The average molecular weight is 281 g/mol. The van der Waals surface area contributed by atoms with Crippen LogP contribution in [0.15, 0.2) is 0 Å². The summed E-state index contributed by atoms with van der Waals surface area (Å²) >= 11 is 0. The molecule has 1 N–H and O–H groups in total. The standard InChI is InChI=1S/C17H31NO2/c1-17(2,3)15-6-4-14(5-7-15)16(20)18-10-8-13(12-18)9-11-19/h13-15,19H,4-12H2,1-3H3. The average Bonchev–Trinajstić information content (AvgIpc) is 2.86. The lowest BCUT2D eigenvalue weighted by Crippen LogP contribution is -2.37. The van der Waals surface area contributed by atoms with E-state index in [9.17, 15) is 4.79 Å². The Morgan fingerprint density at radius 1 is 1.15 bits per heavy atom. The highest BCUT2D eigenvalue weighted by atomic mass is 16.3.